The van der Waals surface area contributed by atoms with E-state index in [0.717, 1.165) is 17.1 Å². The minimum Gasteiger partial charge on any atom is -0.310 e. The van der Waals surface area contributed by atoms with Crippen LogP contribution in [0.1, 0.15) is 25.0 Å². The van der Waals surface area contributed by atoms with Gasteiger partial charge in [0.05, 0.1) is 11.0 Å². The van der Waals surface area contributed by atoms with Crippen molar-refractivity contribution in [1.29, 1.82) is 0 Å². The van der Waals surface area contributed by atoms with Gasteiger partial charge in [0.1, 0.15) is 0 Å². The second-order valence-electron chi connectivity index (χ2n) is 15.8. The summed E-state index contributed by atoms with van der Waals surface area (Å²) in [5, 5.41) is 5.07. The second-order valence-corrected chi connectivity index (χ2v) is 15.8. The fourth-order valence-corrected chi connectivity index (χ4v) is 9.36. The van der Waals surface area contributed by atoms with E-state index in [1.54, 1.807) is 0 Å². The van der Waals surface area contributed by atoms with E-state index >= 15 is 0 Å². The monoisotopic (exact) mass is 728 g/mol. The minimum atomic E-state index is -0.100. The number of nitrogens with zero attached hydrogens (tertiary/aromatic N) is 2. The highest BCUT2D eigenvalue weighted by Crippen LogP contribution is 2.51. The third kappa shape index (κ3) is 5.33. The summed E-state index contributed by atoms with van der Waals surface area (Å²) in [4.78, 5) is 2.42. The Kier molecular flexibility index (Phi) is 7.55. The first kappa shape index (κ1) is 33.2. The molecule has 270 valence electrons. The van der Waals surface area contributed by atoms with Crippen LogP contribution in [0.15, 0.2) is 206 Å². The number of rotatable bonds is 6. The van der Waals surface area contributed by atoms with Gasteiger partial charge in [-0.15, -0.1) is 0 Å². The summed E-state index contributed by atoms with van der Waals surface area (Å²) in [5.41, 5.74) is 17.1. The van der Waals surface area contributed by atoms with Gasteiger partial charge < -0.3 is 9.47 Å². The lowest BCUT2D eigenvalue weighted by molar-refractivity contribution is 0.660. The summed E-state index contributed by atoms with van der Waals surface area (Å²) in [5.74, 6) is 0. The van der Waals surface area contributed by atoms with Gasteiger partial charge in [0.15, 0.2) is 0 Å². The first-order valence-corrected chi connectivity index (χ1v) is 19.8. The van der Waals surface area contributed by atoms with Crippen LogP contribution in [0.2, 0.25) is 0 Å². The summed E-state index contributed by atoms with van der Waals surface area (Å²) in [7, 11) is 0. The van der Waals surface area contributed by atoms with E-state index in [2.05, 4.69) is 230 Å². The van der Waals surface area contributed by atoms with Crippen LogP contribution in [0.25, 0.3) is 71.6 Å². The van der Waals surface area contributed by atoms with Gasteiger partial charge in [0.25, 0.3) is 0 Å². The standard InChI is InChI=1S/C55H40N2/c1-55(2)50-23-12-11-22-47(50)48-31-30-45(36-51(48)55)56(44-20-13-17-40(34-44)37-14-5-3-6-15-37)43-28-24-38(25-29-43)41-27-32-52-49(35-41)54-46-21-10-9-16-39(46)26-33-53(54)57(52)42-18-7-4-8-19-42/h3-36H,1-2H3. The molecule has 2 nitrogen and oxygen atoms in total. The van der Waals surface area contributed by atoms with Crippen molar-refractivity contribution < 1.29 is 0 Å². The van der Waals surface area contributed by atoms with Crippen molar-refractivity contribution in [3.63, 3.8) is 0 Å². The maximum atomic E-state index is 2.42. The highest BCUT2D eigenvalue weighted by atomic mass is 15.1. The van der Waals surface area contributed by atoms with E-state index < -0.39 is 0 Å². The molecule has 0 N–H and O–H groups in total. The average Bonchev–Trinajstić information content (AvgIpc) is 3.73. The molecule has 10 aromatic rings. The summed E-state index contributed by atoms with van der Waals surface area (Å²) < 4.78 is 2.40. The molecule has 1 aliphatic carbocycles. The molecule has 0 unspecified atom stereocenters. The van der Waals surface area contributed by atoms with E-state index in [9.17, 15) is 0 Å². The van der Waals surface area contributed by atoms with Crippen molar-refractivity contribution in [3.05, 3.63) is 217 Å². The lowest BCUT2D eigenvalue weighted by Gasteiger charge is -2.28. The Morgan fingerprint density at radius 3 is 1.84 bits per heavy atom. The molecule has 11 rings (SSSR count). The van der Waals surface area contributed by atoms with Gasteiger partial charge in [0, 0.05) is 38.9 Å². The molecule has 0 saturated carbocycles. The van der Waals surface area contributed by atoms with Crippen molar-refractivity contribution in [1.82, 2.24) is 4.57 Å². The average molecular weight is 729 g/mol. The van der Waals surface area contributed by atoms with Gasteiger partial charge in [-0.1, -0.05) is 153 Å². The number of hydrogen-bond donors (Lipinski definition) is 0. The topological polar surface area (TPSA) is 8.17 Å². The summed E-state index contributed by atoms with van der Waals surface area (Å²) in [6.07, 6.45) is 0. The zero-order valence-corrected chi connectivity index (χ0v) is 32.0. The van der Waals surface area contributed by atoms with Crippen LogP contribution in [0, 0.1) is 0 Å². The fourth-order valence-electron chi connectivity index (χ4n) is 9.36. The maximum Gasteiger partial charge on any atom is 0.0547 e. The SMILES string of the molecule is CC1(C)c2ccccc2-c2ccc(N(c3ccc(-c4ccc5c(c4)c4c6ccccc6ccc4n5-c4ccccc4)cc3)c3cccc(-c4ccccc4)c3)cc21. The number of benzene rings is 9. The van der Waals surface area contributed by atoms with E-state index in [1.165, 1.54) is 82.8 Å². The molecule has 1 aromatic heterocycles. The molecular formula is C55H40N2. The molecule has 0 saturated heterocycles. The number of anilines is 3. The van der Waals surface area contributed by atoms with Crippen LogP contribution in [0.4, 0.5) is 17.1 Å². The van der Waals surface area contributed by atoms with E-state index in [0.29, 0.717) is 0 Å². The van der Waals surface area contributed by atoms with Gasteiger partial charge >= 0.3 is 0 Å². The smallest absolute Gasteiger partial charge is 0.0547 e. The molecule has 0 amide bonds. The van der Waals surface area contributed by atoms with Gasteiger partial charge in [-0.05, 0) is 122 Å². The molecule has 9 aromatic carbocycles. The van der Waals surface area contributed by atoms with Crippen molar-refractivity contribution in [3.8, 4) is 39.1 Å². The Morgan fingerprint density at radius 2 is 1.00 bits per heavy atom. The minimum absolute atomic E-state index is 0.100. The van der Waals surface area contributed by atoms with Crippen LogP contribution in [0.3, 0.4) is 0 Å². The molecule has 0 aliphatic heterocycles. The molecule has 57 heavy (non-hydrogen) atoms. The summed E-state index contributed by atoms with van der Waals surface area (Å²) in [6, 6.07) is 75.6. The quantitative estimate of drug-likeness (QED) is 0.165. The maximum absolute atomic E-state index is 2.42. The number of para-hydroxylation sites is 1. The second kappa shape index (κ2) is 13.0. The zero-order chi connectivity index (χ0) is 38.1. The first-order chi connectivity index (χ1) is 28.0. The van der Waals surface area contributed by atoms with Gasteiger partial charge in [-0.25, -0.2) is 0 Å². The third-order valence-electron chi connectivity index (χ3n) is 12.2. The molecule has 0 bridgehead atoms. The zero-order valence-electron chi connectivity index (χ0n) is 32.0. The van der Waals surface area contributed by atoms with Crippen LogP contribution in [0.5, 0.6) is 0 Å². The molecule has 0 atom stereocenters. The van der Waals surface area contributed by atoms with Crippen molar-refractivity contribution >= 4 is 49.6 Å². The Labute approximate surface area is 333 Å². The predicted octanol–water partition coefficient (Wildman–Crippen LogP) is 15.0. The molecule has 0 spiro atoms. The van der Waals surface area contributed by atoms with E-state index in [1.807, 2.05) is 0 Å². The predicted molar refractivity (Wildman–Crippen MR) is 241 cm³/mol. The third-order valence-corrected chi connectivity index (χ3v) is 12.2. The number of aromatic nitrogens is 1. The van der Waals surface area contributed by atoms with E-state index in [4.69, 9.17) is 0 Å². The summed E-state index contributed by atoms with van der Waals surface area (Å²) in [6.45, 7) is 4.71. The molecular weight excluding hydrogens is 689 g/mol. The summed E-state index contributed by atoms with van der Waals surface area (Å²) >= 11 is 0. The van der Waals surface area contributed by atoms with Crippen molar-refractivity contribution in [2.24, 2.45) is 0 Å². The number of fused-ring (bicyclic) bond motifs is 8. The van der Waals surface area contributed by atoms with Crippen LogP contribution < -0.4 is 4.90 Å². The van der Waals surface area contributed by atoms with Crippen LogP contribution in [-0.2, 0) is 5.41 Å². The highest BCUT2D eigenvalue weighted by molar-refractivity contribution is 6.21. The molecule has 0 fully saturated rings. The fraction of sp³-hybridized carbons (Fsp3) is 0.0545. The molecule has 1 aliphatic rings. The van der Waals surface area contributed by atoms with Crippen LogP contribution in [-0.4, -0.2) is 4.57 Å². The highest BCUT2D eigenvalue weighted by Gasteiger charge is 2.35. The number of hydrogen-bond acceptors (Lipinski definition) is 1. The van der Waals surface area contributed by atoms with E-state index in [-0.39, 0.29) is 5.41 Å². The first-order valence-electron chi connectivity index (χ1n) is 19.8. The largest absolute Gasteiger partial charge is 0.310 e. The normalized spacial score (nSPS) is 12.9. The molecule has 2 heteroatoms. The van der Waals surface area contributed by atoms with Crippen molar-refractivity contribution in [2.45, 2.75) is 19.3 Å². The molecule has 0 radical (unpaired) electrons. The lowest BCUT2D eigenvalue weighted by Crippen LogP contribution is -2.16. The van der Waals surface area contributed by atoms with Crippen molar-refractivity contribution in [2.75, 3.05) is 4.90 Å². The molecule has 1 heterocycles. The Hall–Kier alpha value is -7.16. The van der Waals surface area contributed by atoms with Gasteiger partial charge in [-0.3, -0.25) is 0 Å². The Morgan fingerprint density at radius 1 is 0.386 bits per heavy atom. The van der Waals surface area contributed by atoms with Crippen LogP contribution >= 0.6 is 0 Å². The van der Waals surface area contributed by atoms with Gasteiger partial charge in [-0.2, -0.15) is 0 Å². The Balaban J connectivity index is 1.05. The Bertz CT molecular complexity index is 3130. The lowest BCUT2D eigenvalue weighted by atomic mass is 9.82. The van der Waals surface area contributed by atoms with Gasteiger partial charge in [0.2, 0.25) is 0 Å².